The Morgan fingerprint density at radius 3 is 2.57 bits per heavy atom. The second-order valence-electron chi connectivity index (χ2n) is 7.07. The van der Waals surface area contributed by atoms with E-state index >= 15 is 0 Å². The predicted molar refractivity (Wildman–Crippen MR) is 83.6 cm³/mol. The highest BCUT2D eigenvalue weighted by molar-refractivity contribution is 6.14. The minimum atomic E-state index is -1.29. The van der Waals surface area contributed by atoms with Crippen LogP contribution in [0.2, 0.25) is 0 Å². The maximum Gasteiger partial charge on any atom is 0.338 e. The quantitative estimate of drug-likeness (QED) is 0.693. The minimum absolute atomic E-state index is 0.0802. The summed E-state index contributed by atoms with van der Waals surface area (Å²) in [5, 5.41) is 0. The number of carbonyl (C=O) groups excluding carboxylic acids is 2. The van der Waals surface area contributed by atoms with Crippen molar-refractivity contribution in [2.24, 2.45) is 0 Å². The van der Waals surface area contributed by atoms with Crippen LogP contribution in [0.25, 0.3) is 0 Å². The fourth-order valence-electron chi connectivity index (χ4n) is 5.37. The van der Waals surface area contributed by atoms with Crippen molar-refractivity contribution in [3.63, 3.8) is 0 Å². The Hall–Kier alpha value is -1.62. The van der Waals surface area contributed by atoms with Gasteiger partial charge in [0.2, 0.25) is 5.78 Å². The van der Waals surface area contributed by atoms with Gasteiger partial charge in [-0.05, 0) is 70.2 Å². The van der Waals surface area contributed by atoms with Crippen molar-refractivity contribution in [2.45, 2.75) is 57.1 Å². The van der Waals surface area contributed by atoms with Crippen molar-refractivity contribution in [1.82, 2.24) is 4.90 Å². The van der Waals surface area contributed by atoms with Crippen LogP contribution in [-0.4, -0.2) is 48.0 Å². The van der Waals surface area contributed by atoms with Crippen LogP contribution in [-0.2, 0) is 19.1 Å². The molecule has 4 aliphatic rings. The van der Waals surface area contributed by atoms with Gasteiger partial charge >= 0.3 is 5.97 Å². The largest absolute Gasteiger partial charge is 0.496 e. The van der Waals surface area contributed by atoms with Gasteiger partial charge in [0.15, 0.2) is 5.76 Å². The number of methoxy groups -OCH3 is 1. The lowest BCUT2D eigenvalue weighted by Gasteiger charge is -2.46. The van der Waals surface area contributed by atoms with E-state index in [1.165, 1.54) is 12.7 Å². The molecule has 0 unspecified atom stereocenters. The first-order chi connectivity index (χ1) is 11.0. The van der Waals surface area contributed by atoms with Crippen LogP contribution >= 0.6 is 0 Å². The van der Waals surface area contributed by atoms with Crippen LogP contribution < -0.4 is 0 Å². The Labute approximate surface area is 136 Å². The van der Waals surface area contributed by atoms with Gasteiger partial charge in [0, 0.05) is 0 Å². The second kappa shape index (κ2) is 4.69. The monoisotopic (exact) mass is 317 g/mol. The summed E-state index contributed by atoms with van der Waals surface area (Å²) < 4.78 is 11.5. The molecule has 0 bridgehead atoms. The maximum absolute atomic E-state index is 13.3. The van der Waals surface area contributed by atoms with Gasteiger partial charge in [0.05, 0.1) is 18.2 Å². The third kappa shape index (κ3) is 1.47. The Kier molecular flexibility index (Phi) is 3.05. The maximum atomic E-state index is 13.3. The van der Waals surface area contributed by atoms with Crippen LogP contribution in [0.5, 0.6) is 0 Å². The summed E-state index contributed by atoms with van der Waals surface area (Å²) in [6.45, 7) is 5.48. The molecule has 0 aromatic rings. The van der Waals surface area contributed by atoms with Gasteiger partial charge < -0.3 is 9.47 Å². The van der Waals surface area contributed by atoms with Crippen molar-refractivity contribution in [1.29, 1.82) is 0 Å². The van der Waals surface area contributed by atoms with Gasteiger partial charge in [0.25, 0.3) is 5.60 Å². The highest BCUT2D eigenvalue weighted by Gasteiger charge is 2.74. The summed E-state index contributed by atoms with van der Waals surface area (Å²) in [4.78, 5) is 28.1. The van der Waals surface area contributed by atoms with Crippen LogP contribution in [0.4, 0.5) is 0 Å². The van der Waals surface area contributed by atoms with E-state index in [0.717, 1.165) is 50.8 Å². The summed E-state index contributed by atoms with van der Waals surface area (Å²) in [5.74, 6) is -0.0753. The summed E-state index contributed by atoms with van der Waals surface area (Å²) in [6, 6.07) is 0. The molecule has 3 heterocycles. The second-order valence-corrected chi connectivity index (χ2v) is 7.07. The van der Waals surface area contributed by atoms with Gasteiger partial charge in [-0.15, -0.1) is 0 Å². The molecule has 2 saturated heterocycles. The lowest BCUT2D eigenvalue weighted by atomic mass is 9.73. The molecule has 2 fully saturated rings. The molecule has 2 spiro atoms. The number of ether oxygens (including phenoxy) is 2. The lowest BCUT2D eigenvalue weighted by Crippen LogP contribution is -2.64. The van der Waals surface area contributed by atoms with E-state index in [2.05, 4.69) is 4.90 Å². The molecule has 0 amide bonds. The fraction of sp³-hybridized carbons (Fsp3) is 0.667. The molecule has 0 aromatic carbocycles. The fourth-order valence-corrected chi connectivity index (χ4v) is 5.37. The average Bonchev–Trinajstić information content (AvgIpc) is 3.06. The molecular formula is C18H23NO4. The molecule has 4 rings (SSSR count). The molecule has 124 valence electrons. The zero-order chi connectivity index (χ0) is 16.4. The molecule has 0 aromatic heterocycles. The zero-order valence-corrected chi connectivity index (χ0v) is 14.0. The third-order valence-electron chi connectivity index (χ3n) is 6.22. The van der Waals surface area contributed by atoms with E-state index in [-0.39, 0.29) is 5.78 Å². The molecule has 23 heavy (non-hydrogen) atoms. The zero-order valence-electron chi connectivity index (χ0n) is 14.0. The number of Topliss-reactive ketones (excluding diaryl/α,β-unsaturated/α-hetero) is 1. The molecule has 0 radical (unpaired) electrons. The average molecular weight is 317 g/mol. The minimum Gasteiger partial charge on any atom is -0.496 e. The summed E-state index contributed by atoms with van der Waals surface area (Å²) in [7, 11) is 1.54. The van der Waals surface area contributed by atoms with Crippen molar-refractivity contribution in [3.05, 3.63) is 22.5 Å². The molecule has 0 saturated carbocycles. The first-order valence-electron chi connectivity index (χ1n) is 8.49. The van der Waals surface area contributed by atoms with Crippen molar-refractivity contribution in [2.75, 3.05) is 20.2 Å². The Bertz CT molecular complexity index is 677. The molecule has 5 nitrogen and oxygen atoms in total. The number of ketones is 1. The summed E-state index contributed by atoms with van der Waals surface area (Å²) in [6.07, 6.45) is 4.96. The molecule has 5 heteroatoms. The number of carbonyl (C=O) groups is 2. The third-order valence-corrected chi connectivity index (χ3v) is 6.22. The topological polar surface area (TPSA) is 55.8 Å². The number of rotatable bonds is 1. The Morgan fingerprint density at radius 1 is 1.09 bits per heavy atom. The Morgan fingerprint density at radius 2 is 1.83 bits per heavy atom. The number of nitrogens with zero attached hydrogens (tertiary/aromatic N) is 1. The standard InChI is InChI=1S/C18H23NO4/c1-11-13-7-4-5-9-19-10-6-8-17(13,19)18(14(11)20)15(22-3)12(2)16(21)23-18/h4-10H2,1-3H3/t17-,18-/m0/s1. The first kappa shape index (κ1) is 14.9. The lowest BCUT2D eigenvalue weighted by molar-refractivity contribution is -0.166. The van der Waals surface area contributed by atoms with Crippen molar-refractivity contribution in [3.8, 4) is 0 Å². The van der Waals surface area contributed by atoms with E-state index in [1.807, 2.05) is 6.92 Å². The molecule has 2 atom stereocenters. The summed E-state index contributed by atoms with van der Waals surface area (Å²) >= 11 is 0. The van der Waals surface area contributed by atoms with E-state index in [4.69, 9.17) is 9.47 Å². The van der Waals surface area contributed by atoms with Crippen LogP contribution in [0.3, 0.4) is 0 Å². The van der Waals surface area contributed by atoms with Gasteiger partial charge in [0.1, 0.15) is 0 Å². The highest BCUT2D eigenvalue weighted by Crippen LogP contribution is 2.60. The van der Waals surface area contributed by atoms with Gasteiger partial charge in [-0.25, -0.2) is 4.79 Å². The van der Waals surface area contributed by atoms with Crippen molar-refractivity contribution >= 4 is 11.8 Å². The van der Waals surface area contributed by atoms with Gasteiger partial charge in [-0.3, -0.25) is 9.69 Å². The smallest absolute Gasteiger partial charge is 0.338 e. The van der Waals surface area contributed by atoms with E-state index in [1.54, 1.807) is 6.92 Å². The van der Waals surface area contributed by atoms with Gasteiger partial charge in [-0.1, -0.05) is 0 Å². The van der Waals surface area contributed by atoms with E-state index < -0.39 is 17.1 Å². The Balaban J connectivity index is 2.02. The SMILES string of the molecule is COC1=C(C)C(=O)O[C@@]12C(=O)C(C)=C1CCCCN3CCC[C@@]132. The van der Waals surface area contributed by atoms with E-state index in [9.17, 15) is 9.59 Å². The van der Waals surface area contributed by atoms with Crippen LogP contribution in [0.1, 0.15) is 46.0 Å². The van der Waals surface area contributed by atoms with E-state index in [0.29, 0.717) is 11.3 Å². The van der Waals surface area contributed by atoms with Gasteiger partial charge in [-0.2, -0.15) is 0 Å². The molecule has 0 N–H and O–H groups in total. The molecule has 3 aliphatic heterocycles. The number of esters is 1. The number of hydrogen-bond acceptors (Lipinski definition) is 5. The van der Waals surface area contributed by atoms with Crippen molar-refractivity contribution < 1.29 is 19.1 Å². The van der Waals surface area contributed by atoms with Crippen LogP contribution in [0.15, 0.2) is 22.5 Å². The summed E-state index contributed by atoms with van der Waals surface area (Å²) in [5.41, 5.74) is 0.567. The van der Waals surface area contributed by atoms with Crippen LogP contribution in [0, 0.1) is 0 Å². The number of hydrogen-bond donors (Lipinski definition) is 0. The predicted octanol–water partition coefficient (Wildman–Crippen LogP) is 2.12. The molecular weight excluding hydrogens is 294 g/mol. The first-order valence-corrected chi connectivity index (χ1v) is 8.49. The highest BCUT2D eigenvalue weighted by atomic mass is 16.6. The normalized spacial score (nSPS) is 37.3. The molecule has 1 aliphatic carbocycles.